The maximum absolute atomic E-state index is 12.7. The molecule has 37 heavy (non-hydrogen) atoms. The highest BCUT2D eigenvalue weighted by Crippen LogP contribution is 2.33. The minimum Gasteiger partial charge on any atom is -0.491 e. The number of thioether (sulfide) groups is 1. The number of para-hydroxylation sites is 1. The molecule has 1 amide bonds. The summed E-state index contributed by atoms with van der Waals surface area (Å²) in [6.07, 6.45) is 1.63. The molecular weight excluding hydrogens is 492 g/mol. The molecule has 2 aliphatic heterocycles. The van der Waals surface area contributed by atoms with E-state index in [0.29, 0.717) is 55.3 Å². The summed E-state index contributed by atoms with van der Waals surface area (Å²) in [5.74, 6) is 1.65. The molecule has 0 fully saturated rings. The molecule has 0 unspecified atom stereocenters. The normalized spacial score (nSPS) is 16.1. The number of amides is 1. The van der Waals surface area contributed by atoms with Crippen molar-refractivity contribution in [2.45, 2.75) is 20.8 Å². The van der Waals surface area contributed by atoms with Crippen LogP contribution < -0.4 is 14.2 Å². The zero-order chi connectivity index (χ0) is 26.2. The van der Waals surface area contributed by atoms with E-state index in [2.05, 4.69) is 10.1 Å². The maximum Gasteiger partial charge on any atom is 0.283 e. The summed E-state index contributed by atoms with van der Waals surface area (Å²) >= 11 is 1.33. The van der Waals surface area contributed by atoms with E-state index in [1.807, 2.05) is 51.1 Å². The van der Waals surface area contributed by atoms with Gasteiger partial charge in [-0.15, -0.1) is 0 Å². The summed E-state index contributed by atoms with van der Waals surface area (Å²) in [6, 6.07) is 15.0. The highest BCUT2D eigenvalue weighted by atomic mass is 32.2. The lowest BCUT2D eigenvalue weighted by molar-refractivity contribution is -0.114. The number of fused-ring (bicyclic) bond motifs is 1. The summed E-state index contributed by atoms with van der Waals surface area (Å²) < 4.78 is 22.8. The Balaban J connectivity index is 1.35. The van der Waals surface area contributed by atoms with Gasteiger partial charge in [-0.25, -0.2) is 0 Å². The van der Waals surface area contributed by atoms with Crippen LogP contribution in [0.2, 0.25) is 0 Å². The first-order valence-electron chi connectivity index (χ1n) is 12.1. The van der Waals surface area contributed by atoms with E-state index in [0.717, 1.165) is 10.8 Å². The summed E-state index contributed by atoms with van der Waals surface area (Å²) in [5.41, 5.74) is 0.858. The fraction of sp³-hybridized carbons (Fsp3) is 0.333. The van der Waals surface area contributed by atoms with Crippen molar-refractivity contribution in [1.82, 2.24) is 5.01 Å². The number of hydrogen-bond donors (Lipinski definition) is 1. The molecule has 0 spiro atoms. The van der Waals surface area contributed by atoms with Gasteiger partial charge in [0.15, 0.2) is 17.3 Å². The number of ether oxygens (including phenoxy) is 4. The molecule has 2 aromatic rings. The molecular formula is C27H30N4O5S. The first kappa shape index (κ1) is 26.4. The molecule has 9 nitrogen and oxygen atoms in total. The van der Waals surface area contributed by atoms with Crippen LogP contribution in [0.5, 0.6) is 17.2 Å². The molecule has 0 atom stereocenters. The first-order valence-corrected chi connectivity index (χ1v) is 12.9. The van der Waals surface area contributed by atoms with E-state index in [1.54, 1.807) is 24.3 Å². The van der Waals surface area contributed by atoms with Crippen LogP contribution in [0, 0.1) is 11.3 Å². The fourth-order valence-corrected chi connectivity index (χ4v) is 4.35. The maximum atomic E-state index is 12.7. The number of benzene rings is 2. The Morgan fingerprint density at radius 3 is 2.49 bits per heavy atom. The van der Waals surface area contributed by atoms with Crippen molar-refractivity contribution in [2.75, 3.05) is 33.0 Å². The van der Waals surface area contributed by atoms with Gasteiger partial charge < -0.3 is 18.9 Å². The lowest BCUT2D eigenvalue weighted by Gasteiger charge is -2.20. The lowest BCUT2D eigenvalue weighted by atomic mass is 10.1. The summed E-state index contributed by atoms with van der Waals surface area (Å²) in [4.78, 5) is 16.8. The third-order valence-corrected chi connectivity index (χ3v) is 6.48. The molecule has 2 aliphatic rings. The Morgan fingerprint density at radius 1 is 1.00 bits per heavy atom. The van der Waals surface area contributed by atoms with E-state index in [-0.39, 0.29) is 17.3 Å². The van der Waals surface area contributed by atoms with Crippen molar-refractivity contribution in [3.8, 4) is 17.2 Å². The summed E-state index contributed by atoms with van der Waals surface area (Å²) in [5, 5.41) is 15.6. The molecule has 0 radical (unpaired) electrons. The van der Waals surface area contributed by atoms with E-state index >= 15 is 0 Å². The average Bonchev–Trinajstić information content (AvgIpc) is 3.32. The van der Waals surface area contributed by atoms with Gasteiger partial charge in [-0.05, 0) is 54.6 Å². The van der Waals surface area contributed by atoms with Gasteiger partial charge in [0.2, 0.25) is 5.17 Å². The Hall–Kier alpha value is -3.63. The number of nitrogens with zero attached hydrogens (tertiary/aromatic N) is 3. The Morgan fingerprint density at radius 2 is 1.76 bits per heavy atom. The second-order valence-electron chi connectivity index (χ2n) is 8.37. The Bertz CT molecular complexity index is 1230. The quantitative estimate of drug-likeness (QED) is 0.314. The number of rotatable bonds is 12. The molecule has 10 heteroatoms. The van der Waals surface area contributed by atoms with E-state index in [9.17, 15) is 4.79 Å². The minimum absolute atomic E-state index is 0.00447. The standard InChI is InChI=1S/C27H30N4O5S/c1-4-34-23-17-19(16-21-24(28)31-27(29-25(21)32)37-26(30-31)18(2)3)10-11-22(23)36-15-13-33-12-14-35-20-8-6-5-7-9-20/h5-11,16-18,28H,4,12-15H2,1-3H3. The number of aliphatic imine (C=N–C) groups is 1. The molecule has 0 saturated carbocycles. The highest BCUT2D eigenvalue weighted by molar-refractivity contribution is 8.27. The average molecular weight is 523 g/mol. The smallest absolute Gasteiger partial charge is 0.283 e. The molecule has 0 bridgehead atoms. The summed E-state index contributed by atoms with van der Waals surface area (Å²) in [6.45, 7) is 8.00. The zero-order valence-electron chi connectivity index (χ0n) is 21.1. The van der Waals surface area contributed by atoms with Gasteiger partial charge in [0.25, 0.3) is 5.91 Å². The van der Waals surface area contributed by atoms with Crippen LogP contribution in [0.15, 0.2) is 64.2 Å². The van der Waals surface area contributed by atoms with Crippen LogP contribution in [0.3, 0.4) is 0 Å². The van der Waals surface area contributed by atoms with Crippen molar-refractivity contribution < 1.29 is 23.7 Å². The van der Waals surface area contributed by atoms with Crippen molar-refractivity contribution in [1.29, 1.82) is 5.41 Å². The van der Waals surface area contributed by atoms with Crippen LogP contribution in [0.25, 0.3) is 6.08 Å². The molecule has 0 saturated heterocycles. The number of carbonyl (C=O) groups excluding carboxylic acids is 1. The van der Waals surface area contributed by atoms with Gasteiger partial charge in [-0.1, -0.05) is 38.1 Å². The lowest BCUT2D eigenvalue weighted by Crippen LogP contribution is -2.35. The van der Waals surface area contributed by atoms with Crippen LogP contribution in [-0.2, 0) is 9.53 Å². The Kier molecular flexibility index (Phi) is 8.97. The van der Waals surface area contributed by atoms with E-state index < -0.39 is 5.91 Å². The van der Waals surface area contributed by atoms with Crippen molar-refractivity contribution in [2.24, 2.45) is 16.0 Å². The predicted molar refractivity (Wildman–Crippen MR) is 146 cm³/mol. The molecule has 194 valence electrons. The van der Waals surface area contributed by atoms with Crippen LogP contribution in [-0.4, -0.2) is 60.0 Å². The number of carbonyl (C=O) groups is 1. The summed E-state index contributed by atoms with van der Waals surface area (Å²) in [7, 11) is 0. The fourth-order valence-electron chi connectivity index (χ4n) is 3.46. The predicted octanol–water partition coefficient (Wildman–Crippen LogP) is 4.83. The SMILES string of the molecule is CCOc1cc(C=C2C(=N)N3N=C(C(C)C)SC3=NC2=O)ccc1OCCOCCOc1ccccc1. The highest BCUT2D eigenvalue weighted by Gasteiger charge is 2.36. The van der Waals surface area contributed by atoms with E-state index in [1.165, 1.54) is 16.8 Å². The Labute approximate surface area is 220 Å². The zero-order valence-corrected chi connectivity index (χ0v) is 21.9. The monoisotopic (exact) mass is 522 g/mol. The molecule has 2 heterocycles. The third kappa shape index (κ3) is 6.78. The van der Waals surface area contributed by atoms with Crippen LogP contribution >= 0.6 is 11.8 Å². The van der Waals surface area contributed by atoms with Crippen molar-refractivity contribution in [3.05, 3.63) is 59.7 Å². The topological polar surface area (TPSA) is 106 Å². The molecule has 0 aromatic heterocycles. The van der Waals surface area contributed by atoms with Crippen LogP contribution in [0.4, 0.5) is 0 Å². The number of hydrazone groups is 1. The number of nitrogens with one attached hydrogen (secondary N) is 1. The second kappa shape index (κ2) is 12.6. The molecule has 1 N–H and O–H groups in total. The van der Waals surface area contributed by atoms with Crippen molar-refractivity contribution in [3.63, 3.8) is 0 Å². The number of hydrogen-bond acceptors (Lipinski definition) is 8. The van der Waals surface area contributed by atoms with E-state index in [4.69, 9.17) is 24.4 Å². The first-order chi connectivity index (χ1) is 18.0. The molecule has 2 aromatic carbocycles. The minimum atomic E-state index is -0.462. The van der Waals surface area contributed by atoms with Crippen molar-refractivity contribution >= 4 is 39.8 Å². The number of amidine groups is 2. The molecule has 0 aliphatic carbocycles. The van der Waals surface area contributed by atoms with Gasteiger partial charge in [0.05, 0.1) is 25.4 Å². The van der Waals surface area contributed by atoms with Gasteiger partial charge >= 0.3 is 0 Å². The van der Waals surface area contributed by atoms with Gasteiger partial charge in [0.1, 0.15) is 24.0 Å². The molecule has 4 rings (SSSR count). The largest absolute Gasteiger partial charge is 0.491 e. The van der Waals surface area contributed by atoms with Crippen LogP contribution in [0.1, 0.15) is 26.3 Å². The van der Waals surface area contributed by atoms with Gasteiger partial charge in [0, 0.05) is 5.92 Å². The second-order valence-corrected chi connectivity index (χ2v) is 9.36. The third-order valence-electron chi connectivity index (χ3n) is 5.27. The van der Waals surface area contributed by atoms with Gasteiger partial charge in [-0.3, -0.25) is 10.2 Å². The van der Waals surface area contributed by atoms with Gasteiger partial charge in [-0.2, -0.15) is 15.1 Å².